The van der Waals surface area contributed by atoms with Crippen LogP contribution in [0.2, 0.25) is 0 Å². The third kappa shape index (κ3) is 3.16. The average molecular weight is 383 g/mol. The number of halogens is 1. The summed E-state index contributed by atoms with van der Waals surface area (Å²) in [6, 6.07) is 10.5. The number of aromatic nitrogens is 1. The predicted molar refractivity (Wildman–Crippen MR) is 86.1 cm³/mol. The van der Waals surface area contributed by atoms with Crippen LogP contribution in [0.1, 0.15) is 0 Å². The third-order valence-electron chi connectivity index (χ3n) is 3.50. The van der Waals surface area contributed by atoms with E-state index < -0.39 is 10.0 Å². The van der Waals surface area contributed by atoms with Crippen molar-refractivity contribution in [1.29, 1.82) is 0 Å². The summed E-state index contributed by atoms with van der Waals surface area (Å²) in [4.78, 5) is 4.28. The SMILES string of the molecule is O=S(=O)(c1ccccc1Br)N1CC(COc2cccnc2)C1. The van der Waals surface area contributed by atoms with E-state index in [0.29, 0.717) is 34.8 Å². The molecule has 0 bridgehead atoms. The van der Waals surface area contributed by atoms with Crippen LogP contribution in [0.15, 0.2) is 58.2 Å². The lowest BCUT2D eigenvalue weighted by Gasteiger charge is -2.37. The normalized spacial score (nSPS) is 16.2. The molecule has 1 aliphatic heterocycles. The first-order valence-electron chi connectivity index (χ1n) is 6.85. The molecule has 22 heavy (non-hydrogen) atoms. The van der Waals surface area contributed by atoms with Crippen molar-refractivity contribution in [3.05, 3.63) is 53.3 Å². The van der Waals surface area contributed by atoms with Gasteiger partial charge >= 0.3 is 0 Å². The van der Waals surface area contributed by atoms with Gasteiger partial charge in [0.2, 0.25) is 10.0 Å². The summed E-state index contributed by atoms with van der Waals surface area (Å²) in [5.74, 6) is 0.909. The van der Waals surface area contributed by atoms with E-state index in [0.717, 1.165) is 0 Å². The molecule has 3 rings (SSSR count). The maximum atomic E-state index is 12.5. The van der Waals surface area contributed by atoms with Crippen LogP contribution in [0.3, 0.4) is 0 Å². The summed E-state index contributed by atoms with van der Waals surface area (Å²) >= 11 is 3.29. The molecule has 0 spiro atoms. The molecular formula is C15H15BrN2O3S. The number of benzene rings is 1. The van der Waals surface area contributed by atoms with Crippen LogP contribution in [0.25, 0.3) is 0 Å². The van der Waals surface area contributed by atoms with Gasteiger partial charge in [-0.05, 0) is 40.2 Å². The fourth-order valence-electron chi connectivity index (χ4n) is 2.26. The molecule has 0 unspecified atom stereocenters. The van der Waals surface area contributed by atoms with Gasteiger partial charge in [-0.25, -0.2) is 8.42 Å². The Hall–Kier alpha value is -1.44. The van der Waals surface area contributed by atoms with Gasteiger partial charge in [-0.15, -0.1) is 0 Å². The van der Waals surface area contributed by atoms with E-state index in [2.05, 4.69) is 20.9 Å². The molecule has 2 heterocycles. The van der Waals surface area contributed by atoms with Gasteiger partial charge in [0.15, 0.2) is 0 Å². The van der Waals surface area contributed by atoms with Gasteiger partial charge in [0.25, 0.3) is 0 Å². The van der Waals surface area contributed by atoms with Crippen molar-refractivity contribution in [2.24, 2.45) is 5.92 Å². The first-order chi connectivity index (χ1) is 10.6. The second-order valence-corrected chi connectivity index (χ2v) is 7.88. The Kier molecular flexibility index (Phi) is 4.46. The molecule has 2 aromatic rings. The highest BCUT2D eigenvalue weighted by Crippen LogP contribution is 2.29. The van der Waals surface area contributed by atoms with Gasteiger partial charge in [0, 0.05) is 29.7 Å². The predicted octanol–water partition coefficient (Wildman–Crippen LogP) is 2.54. The van der Waals surface area contributed by atoms with Gasteiger partial charge in [-0.3, -0.25) is 4.98 Å². The highest BCUT2D eigenvalue weighted by Gasteiger charge is 2.37. The Morgan fingerprint density at radius 1 is 1.23 bits per heavy atom. The Morgan fingerprint density at radius 2 is 2.00 bits per heavy atom. The standard InChI is InChI=1S/C15H15BrN2O3S/c16-14-5-1-2-6-15(14)22(19,20)18-9-12(10-18)11-21-13-4-3-7-17-8-13/h1-8,12H,9-11H2. The largest absolute Gasteiger partial charge is 0.492 e. The molecule has 0 atom stereocenters. The van der Waals surface area contributed by atoms with E-state index in [9.17, 15) is 8.42 Å². The number of nitrogens with zero attached hydrogens (tertiary/aromatic N) is 2. The lowest BCUT2D eigenvalue weighted by molar-refractivity contribution is 0.129. The second-order valence-electron chi connectivity index (χ2n) is 5.12. The lowest BCUT2D eigenvalue weighted by Crippen LogP contribution is -2.51. The van der Waals surface area contributed by atoms with E-state index in [4.69, 9.17) is 4.74 Å². The summed E-state index contributed by atoms with van der Waals surface area (Å²) in [6.45, 7) is 1.45. The minimum absolute atomic E-state index is 0.206. The number of rotatable bonds is 5. The van der Waals surface area contributed by atoms with Gasteiger partial charge in [-0.2, -0.15) is 4.31 Å². The smallest absolute Gasteiger partial charge is 0.244 e. The quantitative estimate of drug-likeness (QED) is 0.796. The van der Waals surface area contributed by atoms with Crippen molar-refractivity contribution in [3.63, 3.8) is 0 Å². The van der Waals surface area contributed by atoms with Crippen molar-refractivity contribution >= 4 is 26.0 Å². The van der Waals surface area contributed by atoms with Crippen LogP contribution >= 0.6 is 15.9 Å². The highest BCUT2D eigenvalue weighted by atomic mass is 79.9. The summed E-state index contributed by atoms with van der Waals surface area (Å²) in [5, 5.41) is 0. The number of sulfonamides is 1. The van der Waals surface area contributed by atoms with Crippen molar-refractivity contribution in [1.82, 2.24) is 9.29 Å². The monoisotopic (exact) mass is 382 g/mol. The maximum absolute atomic E-state index is 12.5. The molecule has 0 aliphatic carbocycles. The van der Waals surface area contributed by atoms with Gasteiger partial charge < -0.3 is 4.74 Å². The maximum Gasteiger partial charge on any atom is 0.244 e. The highest BCUT2D eigenvalue weighted by molar-refractivity contribution is 9.10. The lowest BCUT2D eigenvalue weighted by atomic mass is 10.1. The zero-order chi connectivity index (χ0) is 15.6. The van der Waals surface area contributed by atoms with Crippen molar-refractivity contribution in [3.8, 4) is 5.75 Å². The van der Waals surface area contributed by atoms with E-state index >= 15 is 0 Å². The summed E-state index contributed by atoms with van der Waals surface area (Å²) in [6.07, 6.45) is 3.33. The van der Waals surface area contributed by atoms with Crippen molar-refractivity contribution in [2.75, 3.05) is 19.7 Å². The summed E-state index contributed by atoms with van der Waals surface area (Å²) in [5.41, 5.74) is 0. The first-order valence-corrected chi connectivity index (χ1v) is 9.08. The average Bonchev–Trinajstić information content (AvgIpc) is 2.46. The molecule has 7 heteroatoms. The molecule has 1 aromatic heterocycles. The topological polar surface area (TPSA) is 59.5 Å². The van der Waals surface area contributed by atoms with Crippen LogP contribution in [0, 0.1) is 5.92 Å². The van der Waals surface area contributed by atoms with Crippen LogP contribution in [-0.2, 0) is 10.0 Å². The minimum Gasteiger partial charge on any atom is -0.492 e. The van der Waals surface area contributed by atoms with Gasteiger partial charge in [0.1, 0.15) is 5.75 Å². The second kappa shape index (κ2) is 6.36. The minimum atomic E-state index is -3.43. The Labute approximate surface area is 138 Å². The van der Waals surface area contributed by atoms with Crippen LogP contribution < -0.4 is 4.74 Å². The molecule has 0 saturated carbocycles. The third-order valence-corrected chi connectivity index (χ3v) is 6.34. The van der Waals surface area contributed by atoms with E-state index in [-0.39, 0.29) is 5.92 Å². The van der Waals surface area contributed by atoms with Crippen molar-refractivity contribution in [2.45, 2.75) is 4.90 Å². The molecule has 1 aromatic carbocycles. The number of ether oxygens (including phenoxy) is 1. The van der Waals surface area contributed by atoms with Crippen LogP contribution in [-0.4, -0.2) is 37.4 Å². The molecule has 1 saturated heterocycles. The molecule has 0 radical (unpaired) electrons. The number of pyridine rings is 1. The Bertz CT molecular complexity index is 746. The fraction of sp³-hybridized carbons (Fsp3) is 0.267. The number of hydrogen-bond acceptors (Lipinski definition) is 4. The number of hydrogen-bond donors (Lipinski definition) is 0. The summed E-state index contributed by atoms with van der Waals surface area (Å²) < 4.78 is 32.7. The van der Waals surface area contributed by atoms with E-state index in [1.807, 2.05) is 6.07 Å². The molecule has 0 N–H and O–H groups in total. The summed E-state index contributed by atoms with van der Waals surface area (Å²) in [7, 11) is -3.43. The fourth-order valence-corrected chi connectivity index (χ4v) is 4.82. The van der Waals surface area contributed by atoms with Gasteiger partial charge in [-0.1, -0.05) is 12.1 Å². The molecule has 1 fully saturated rings. The van der Waals surface area contributed by atoms with Gasteiger partial charge in [0.05, 0.1) is 17.7 Å². The van der Waals surface area contributed by atoms with Crippen LogP contribution in [0.5, 0.6) is 5.75 Å². The van der Waals surface area contributed by atoms with Crippen molar-refractivity contribution < 1.29 is 13.2 Å². The first kappa shape index (κ1) is 15.5. The van der Waals surface area contributed by atoms with Crippen LogP contribution in [0.4, 0.5) is 0 Å². The Balaban J connectivity index is 1.58. The molecule has 5 nitrogen and oxygen atoms in total. The zero-order valence-corrected chi connectivity index (χ0v) is 14.1. The van der Waals surface area contributed by atoms with E-state index in [1.165, 1.54) is 4.31 Å². The zero-order valence-electron chi connectivity index (χ0n) is 11.7. The molecule has 0 amide bonds. The molecule has 1 aliphatic rings. The Morgan fingerprint density at radius 3 is 2.68 bits per heavy atom. The molecular weight excluding hydrogens is 368 g/mol. The van der Waals surface area contributed by atoms with E-state index in [1.54, 1.807) is 42.7 Å². The molecule has 116 valence electrons.